The summed E-state index contributed by atoms with van der Waals surface area (Å²) in [5, 5.41) is 0.760. The summed E-state index contributed by atoms with van der Waals surface area (Å²) in [4.78, 5) is 9.04. The van der Waals surface area contributed by atoms with Gasteiger partial charge in [-0.05, 0) is 17.2 Å². The normalized spacial score (nSPS) is 15.2. The molecule has 118 valence electrons. The molecule has 5 nitrogen and oxygen atoms in total. The summed E-state index contributed by atoms with van der Waals surface area (Å²) in [7, 11) is 5.81. The Morgan fingerprint density at radius 1 is 1.32 bits per heavy atom. The van der Waals surface area contributed by atoms with Crippen molar-refractivity contribution >= 4 is 17.4 Å². The van der Waals surface area contributed by atoms with Gasteiger partial charge in [-0.15, -0.1) is 0 Å². The Morgan fingerprint density at radius 2 is 2.14 bits per heavy atom. The second kappa shape index (κ2) is 6.28. The fourth-order valence-electron chi connectivity index (χ4n) is 2.93. The van der Waals surface area contributed by atoms with Crippen molar-refractivity contribution in [1.82, 2.24) is 14.5 Å². The first-order chi connectivity index (χ1) is 10.6. The number of fused-ring (bicyclic) bond motifs is 1. The van der Waals surface area contributed by atoms with Crippen molar-refractivity contribution in [2.45, 2.75) is 19.7 Å². The van der Waals surface area contributed by atoms with Crippen LogP contribution < -0.4 is 4.90 Å². The zero-order valence-corrected chi connectivity index (χ0v) is 14.0. The number of anilines is 1. The molecule has 1 aromatic carbocycles. The molecule has 0 amide bonds. The van der Waals surface area contributed by atoms with Gasteiger partial charge in [-0.1, -0.05) is 23.7 Å². The molecule has 22 heavy (non-hydrogen) atoms. The molecule has 3 rings (SSSR count). The number of rotatable bonds is 4. The fourth-order valence-corrected chi connectivity index (χ4v) is 3.10. The Hall–Kier alpha value is -1.56. The van der Waals surface area contributed by atoms with E-state index in [9.17, 15) is 0 Å². The van der Waals surface area contributed by atoms with E-state index < -0.39 is 0 Å². The van der Waals surface area contributed by atoms with Crippen molar-refractivity contribution in [2.24, 2.45) is 7.05 Å². The van der Waals surface area contributed by atoms with Gasteiger partial charge in [0.15, 0.2) is 5.82 Å². The van der Waals surface area contributed by atoms with Crippen LogP contribution in [0, 0.1) is 0 Å². The van der Waals surface area contributed by atoms with Gasteiger partial charge in [-0.25, -0.2) is 4.98 Å². The minimum Gasteiger partial charge on any atom is -0.380 e. The van der Waals surface area contributed by atoms with Crippen molar-refractivity contribution in [1.29, 1.82) is 0 Å². The van der Waals surface area contributed by atoms with Gasteiger partial charge in [0.05, 0.1) is 25.3 Å². The number of halogens is 1. The van der Waals surface area contributed by atoms with Crippen LogP contribution >= 0.6 is 11.6 Å². The van der Waals surface area contributed by atoms with Crippen molar-refractivity contribution in [3.05, 3.63) is 46.4 Å². The molecule has 6 heteroatoms. The summed E-state index contributed by atoms with van der Waals surface area (Å²) in [6.45, 7) is 3.19. The molecular weight excluding hydrogens is 300 g/mol. The fraction of sp³-hybridized carbons (Fsp3) is 0.438. The van der Waals surface area contributed by atoms with Gasteiger partial charge in [0.1, 0.15) is 0 Å². The minimum absolute atomic E-state index is 0.540. The number of methoxy groups -OCH3 is 1. The van der Waals surface area contributed by atoms with Crippen molar-refractivity contribution in [3.8, 4) is 0 Å². The maximum Gasteiger partial charge on any atom is 0.152 e. The summed E-state index contributed by atoms with van der Waals surface area (Å²) in [5.74, 6) is 1.08. The van der Waals surface area contributed by atoms with Crippen LogP contribution in [-0.2, 0) is 31.5 Å². The Balaban J connectivity index is 1.77. The third-order valence-electron chi connectivity index (χ3n) is 4.00. The lowest BCUT2D eigenvalue weighted by Crippen LogP contribution is -2.40. The van der Waals surface area contributed by atoms with Gasteiger partial charge in [0.25, 0.3) is 0 Å². The molecule has 1 aliphatic rings. The van der Waals surface area contributed by atoms with Crippen LogP contribution in [0.1, 0.15) is 16.8 Å². The highest BCUT2D eigenvalue weighted by Gasteiger charge is 2.23. The second-order valence-corrected chi connectivity index (χ2v) is 6.22. The zero-order chi connectivity index (χ0) is 15.7. The Morgan fingerprint density at radius 3 is 2.91 bits per heavy atom. The van der Waals surface area contributed by atoms with Crippen LogP contribution in [0.15, 0.2) is 24.5 Å². The molecular formula is C16H21ClN4O. The number of aromatic nitrogens is 2. The number of hydrogen-bond acceptors (Lipinski definition) is 4. The third kappa shape index (κ3) is 2.97. The van der Waals surface area contributed by atoms with Crippen LogP contribution in [-0.4, -0.2) is 35.3 Å². The monoisotopic (exact) mass is 320 g/mol. The van der Waals surface area contributed by atoms with Gasteiger partial charge in [0, 0.05) is 39.3 Å². The van der Waals surface area contributed by atoms with E-state index in [0.29, 0.717) is 6.61 Å². The maximum atomic E-state index is 6.20. The van der Waals surface area contributed by atoms with Crippen LogP contribution in [0.3, 0.4) is 0 Å². The quantitative estimate of drug-likeness (QED) is 0.867. The summed E-state index contributed by atoms with van der Waals surface area (Å²) >= 11 is 6.20. The lowest BCUT2D eigenvalue weighted by Gasteiger charge is -2.34. The molecule has 2 heterocycles. The number of hydrogen-bond donors (Lipinski definition) is 0. The van der Waals surface area contributed by atoms with Gasteiger partial charge in [0.2, 0.25) is 0 Å². The van der Waals surface area contributed by atoms with E-state index >= 15 is 0 Å². The molecule has 0 spiro atoms. The highest BCUT2D eigenvalue weighted by Crippen LogP contribution is 2.26. The first kappa shape index (κ1) is 15.3. The molecule has 1 aliphatic heterocycles. The molecule has 0 fully saturated rings. The molecule has 0 N–H and O–H groups in total. The van der Waals surface area contributed by atoms with Gasteiger partial charge in [-0.3, -0.25) is 4.90 Å². The first-order valence-electron chi connectivity index (χ1n) is 7.28. The van der Waals surface area contributed by atoms with E-state index in [0.717, 1.165) is 36.2 Å². The molecule has 2 aromatic rings. The highest BCUT2D eigenvalue weighted by atomic mass is 35.5. The summed E-state index contributed by atoms with van der Waals surface area (Å²) < 4.78 is 7.30. The summed E-state index contributed by atoms with van der Waals surface area (Å²) in [5.41, 5.74) is 3.53. The molecule has 0 unspecified atom stereocenters. The van der Waals surface area contributed by atoms with Crippen molar-refractivity contribution < 1.29 is 4.74 Å². The highest BCUT2D eigenvalue weighted by molar-refractivity contribution is 6.31. The molecule has 0 bridgehead atoms. The van der Waals surface area contributed by atoms with Crippen LogP contribution in [0.4, 0.5) is 5.82 Å². The Kier molecular flexibility index (Phi) is 4.38. The summed E-state index contributed by atoms with van der Waals surface area (Å²) in [6, 6.07) is 6.17. The lowest BCUT2D eigenvalue weighted by molar-refractivity contribution is 0.184. The smallest absolute Gasteiger partial charge is 0.152 e. The predicted molar refractivity (Wildman–Crippen MR) is 87.9 cm³/mol. The topological polar surface area (TPSA) is 33.5 Å². The number of ether oxygens (including phenoxy) is 1. The van der Waals surface area contributed by atoms with Gasteiger partial charge < -0.3 is 14.2 Å². The van der Waals surface area contributed by atoms with Gasteiger partial charge in [-0.2, -0.15) is 0 Å². The average Bonchev–Trinajstić information content (AvgIpc) is 2.85. The van der Waals surface area contributed by atoms with Crippen LogP contribution in [0.2, 0.25) is 5.02 Å². The van der Waals surface area contributed by atoms with Crippen LogP contribution in [0.5, 0.6) is 0 Å². The number of benzene rings is 1. The molecule has 1 aromatic heterocycles. The number of nitrogens with zero attached hydrogens (tertiary/aromatic N) is 4. The molecule has 0 atom stereocenters. The lowest BCUT2D eigenvalue weighted by atomic mass is 10.1. The Bertz CT molecular complexity index is 670. The summed E-state index contributed by atoms with van der Waals surface area (Å²) in [6.07, 6.45) is 1.88. The number of aryl methyl sites for hydroxylation is 1. The van der Waals surface area contributed by atoms with E-state index in [1.165, 1.54) is 11.3 Å². The SMILES string of the molecule is COCc1cc(CN2Cc3c(ncn3C)N(C)C2)ccc1Cl. The molecule has 0 aliphatic carbocycles. The van der Waals surface area contributed by atoms with Crippen molar-refractivity contribution in [3.63, 3.8) is 0 Å². The largest absolute Gasteiger partial charge is 0.380 e. The number of imidazole rings is 1. The first-order valence-corrected chi connectivity index (χ1v) is 7.66. The minimum atomic E-state index is 0.540. The van der Waals surface area contributed by atoms with E-state index in [-0.39, 0.29) is 0 Å². The van der Waals surface area contributed by atoms with E-state index in [1.54, 1.807) is 7.11 Å². The van der Waals surface area contributed by atoms with Gasteiger partial charge >= 0.3 is 0 Å². The van der Waals surface area contributed by atoms with E-state index in [4.69, 9.17) is 16.3 Å². The van der Waals surface area contributed by atoms with E-state index in [2.05, 4.69) is 38.5 Å². The van der Waals surface area contributed by atoms with Crippen molar-refractivity contribution in [2.75, 3.05) is 25.7 Å². The average molecular weight is 321 g/mol. The zero-order valence-electron chi connectivity index (χ0n) is 13.2. The predicted octanol–water partition coefficient (Wildman–Crippen LogP) is 2.63. The molecule has 0 radical (unpaired) electrons. The van der Waals surface area contributed by atoms with Crippen LogP contribution in [0.25, 0.3) is 0 Å². The Labute approximate surface area is 136 Å². The van der Waals surface area contributed by atoms with E-state index in [1.807, 2.05) is 19.4 Å². The standard InChI is InChI=1S/C16H21ClN4O/c1-19-10-18-16-15(19)8-21(11-20(16)2)7-12-4-5-14(17)13(6-12)9-22-3/h4-6,10H,7-9,11H2,1-3H3. The third-order valence-corrected chi connectivity index (χ3v) is 4.37. The maximum absolute atomic E-state index is 6.20. The molecule has 0 saturated heterocycles. The molecule has 0 saturated carbocycles. The second-order valence-electron chi connectivity index (χ2n) is 5.81.